The molecule has 5 aromatic rings. The molecule has 0 bridgehead atoms. The third-order valence-corrected chi connectivity index (χ3v) is 13.3. The molecular weight excluding hydrogens is 992 g/mol. The fraction of sp³-hybridized carbons (Fsp3) is 0.500. The van der Waals surface area contributed by atoms with Crippen molar-refractivity contribution in [2.75, 3.05) is 13.1 Å². The summed E-state index contributed by atoms with van der Waals surface area (Å²) in [7, 11) is 0. The van der Waals surface area contributed by atoms with Gasteiger partial charge in [0.1, 0.15) is 0 Å². The predicted octanol–water partition coefficient (Wildman–Crippen LogP) is 14.8. The minimum absolute atomic E-state index is 0.0561. The molecule has 2 heterocycles. The molecule has 0 saturated carbocycles. The van der Waals surface area contributed by atoms with E-state index in [2.05, 4.69) is 0 Å². The van der Waals surface area contributed by atoms with E-state index in [1.54, 1.807) is 0 Å². The second-order valence-corrected chi connectivity index (χ2v) is 18.9. The van der Waals surface area contributed by atoms with Crippen molar-refractivity contribution >= 4 is 66.7 Å². The van der Waals surface area contributed by atoms with Gasteiger partial charge in [-0.15, -0.1) is 0 Å². The van der Waals surface area contributed by atoms with Crippen LogP contribution in [0, 0.1) is 11.8 Å². The SMILES string of the molecule is CC(C)CCCCCN1C(=O)c2ccc3c4ccc5c6c(cc(C(F)(F)C(F)(F)C(F)(F)C(F)(F)C(F)(F)C(F)(F)C(F)(F)C(F)(F)F)c(c7ccc(c2c37)C1=O)c64)C(=O)N(CCCCCC(C)C)C5=O. The second kappa shape index (κ2) is 17.3. The first-order valence-electron chi connectivity index (χ1n) is 22.2. The van der Waals surface area contributed by atoms with Crippen LogP contribution in [-0.4, -0.2) is 88.2 Å². The second-order valence-electron chi connectivity index (χ2n) is 18.9. The molecule has 6 nitrogen and oxygen atoms in total. The van der Waals surface area contributed by atoms with Gasteiger partial charge in [-0.05, 0) is 75.9 Å². The molecule has 0 atom stereocenters. The highest BCUT2D eigenvalue weighted by Gasteiger charge is 2.95. The number of carbonyl (C=O) groups is 4. The lowest BCUT2D eigenvalue weighted by Crippen LogP contribution is -2.74. The number of benzene rings is 5. The first kappa shape index (κ1) is 53.3. The van der Waals surface area contributed by atoms with Crippen LogP contribution in [0.25, 0.3) is 43.1 Å². The van der Waals surface area contributed by atoms with Crippen molar-refractivity contribution in [2.45, 2.75) is 127 Å². The van der Waals surface area contributed by atoms with Crippen molar-refractivity contribution in [1.82, 2.24) is 9.80 Å². The summed E-state index contributed by atoms with van der Waals surface area (Å²) in [5.41, 5.74) is -4.86. The van der Waals surface area contributed by atoms with E-state index in [1.807, 2.05) is 27.7 Å². The molecule has 0 aliphatic carbocycles. The van der Waals surface area contributed by atoms with Gasteiger partial charge in [-0.25, -0.2) is 0 Å². The molecule has 0 radical (unpaired) electrons. The van der Waals surface area contributed by atoms with Crippen LogP contribution in [0.1, 0.15) is 126 Å². The van der Waals surface area contributed by atoms with Crippen LogP contribution in [0.5, 0.6) is 0 Å². The van der Waals surface area contributed by atoms with Crippen LogP contribution in [-0.2, 0) is 5.92 Å². The molecule has 71 heavy (non-hydrogen) atoms. The number of alkyl halides is 17. The zero-order valence-electron chi connectivity index (χ0n) is 37.7. The summed E-state index contributed by atoms with van der Waals surface area (Å²) in [5, 5.41) is -4.95. The smallest absolute Gasteiger partial charge is 0.274 e. The average Bonchev–Trinajstić information content (AvgIpc) is 3.27. The van der Waals surface area contributed by atoms with Gasteiger partial charge in [-0.3, -0.25) is 29.0 Å². The maximum Gasteiger partial charge on any atom is 0.460 e. The lowest BCUT2D eigenvalue weighted by molar-refractivity contribution is -0.462. The highest BCUT2D eigenvalue weighted by molar-refractivity contribution is 6.41. The summed E-state index contributed by atoms with van der Waals surface area (Å²) in [5.74, 6) is -62.8. The number of fused-ring (bicyclic) bond motifs is 2. The van der Waals surface area contributed by atoms with E-state index in [1.165, 1.54) is 12.1 Å². The van der Waals surface area contributed by atoms with Gasteiger partial charge in [-0.2, -0.15) is 74.6 Å². The van der Waals surface area contributed by atoms with E-state index < -0.39 is 127 Å². The lowest BCUT2D eigenvalue weighted by Gasteiger charge is -2.43. The van der Waals surface area contributed by atoms with Gasteiger partial charge >= 0.3 is 47.6 Å². The Balaban J connectivity index is 1.49. The number of amides is 4. The van der Waals surface area contributed by atoms with Gasteiger partial charge in [0.25, 0.3) is 23.6 Å². The predicted molar refractivity (Wildman–Crippen MR) is 225 cm³/mol. The molecule has 7 rings (SSSR count). The number of carbonyl (C=O) groups excluding carboxylic acids is 4. The van der Waals surface area contributed by atoms with Crippen LogP contribution in [0.15, 0.2) is 42.5 Å². The van der Waals surface area contributed by atoms with Crippen LogP contribution in [0.3, 0.4) is 0 Å². The summed E-state index contributed by atoms with van der Waals surface area (Å²) in [6.45, 7) is 7.16. The number of hydrogen-bond donors (Lipinski definition) is 0. The van der Waals surface area contributed by atoms with Crippen LogP contribution in [0.2, 0.25) is 0 Å². The molecule has 4 amide bonds. The summed E-state index contributed by atoms with van der Waals surface area (Å²) in [6, 6.07) is 5.92. The van der Waals surface area contributed by atoms with Gasteiger partial charge in [0.15, 0.2) is 0 Å². The number of rotatable bonds is 19. The van der Waals surface area contributed by atoms with Gasteiger partial charge in [0.2, 0.25) is 0 Å². The third-order valence-electron chi connectivity index (χ3n) is 13.3. The summed E-state index contributed by atoms with van der Waals surface area (Å²) in [4.78, 5) is 57.6. The topological polar surface area (TPSA) is 74.8 Å². The summed E-state index contributed by atoms with van der Waals surface area (Å²) < 4.78 is 252. The zero-order chi connectivity index (χ0) is 53.1. The first-order valence-corrected chi connectivity index (χ1v) is 22.2. The van der Waals surface area contributed by atoms with Crippen molar-refractivity contribution in [3.63, 3.8) is 0 Å². The Hall–Kier alpha value is -5.51. The Morgan fingerprint density at radius 3 is 1.14 bits per heavy atom. The van der Waals surface area contributed by atoms with Crippen molar-refractivity contribution in [2.24, 2.45) is 11.8 Å². The first-order chi connectivity index (χ1) is 32.6. The van der Waals surface area contributed by atoms with E-state index in [-0.39, 0.29) is 46.8 Å². The number of hydrogen-bond acceptors (Lipinski definition) is 4. The van der Waals surface area contributed by atoms with Crippen molar-refractivity contribution in [3.05, 3.63) is 70.3 Å². The highest BCUT2D eigenvalue weighted by Crippen LogP contribution is 2.66. The molecule has 0 fully saturated rings. The Kier molecular flexibility index (Phi) is 13.0. The van der Waals surface area contributed by atoms with E-state index in [9.17, 15) is 58.7 Å². The minimum Gasteiger partial charge on any atom is -0.274 e. The van der Waals surface area contributed by atoms with Crippen LogP contribution >= 0.6 is 0 Å². The van der Waals surface area contributed by atoms with Gasteiger partial charge in [0.05, 0.1) is 0 Å². The molecule has 0 spiro atoms. The van der Waals surface area contributed by atoms with Crippen molar-refractivity contribution in [1.29, 1.82) is 0 Å². The largest absolute Gasteiger partial charge is 0.460 e. The molecule has 0 saturated heterocycles. The zero-order valence-corrected chi connectivity index (χ0v) is 37.7. The molecule has 0 aromatic heterocycles. The maximum absolute atomic E-state index is 17.0. The third kappa shape index (κ3) is 7.56. The lowest BCUT2D eigenvalue weighted by atomic mass is 9.78. The molecule has 0 N–H and O–H groups in total. The number of nitrogens with zero attached hydrogens (tertiary/aromatic N) is 2. The van der Waals surface area contributed by atoms with Gasteiger partial charge in [0, 0.05) is 57.1 Å². The Bertz CT molecular complexity index is 2960. The van der Waals surface area contributed by atoms with E-state index in [0.717, 1.165) is 42.0 Å². The monoisotopic (exact) mass is 1030 g/mol. The molecule has 386 valence electrons. The Morgan fingerprint density at radius 2 is 0.732 bits per heavy atom. The number of imide groups is 2. The molecular formula is C48H41F17N2O4. The molecule has 2 aliphatic rings. The van der Waals surface area contributed by atoms with Crippen LogP contribution < -0.4 is 0 Å². The number of halogens is 17. The van der Waals surface area contributed by atoms with Gasteiger partial charge in [-0.1, -0.05) is 84.4 Å². The fourth-order valence-corrected chi connectivity index (χ4v) is 9.45. The standard InChI is InChI=1S/C48H41F17N2O4/c1-22(2)11-7-5-9-19-66-37(68)27-16-13-24-25-14-17-29-34-30(40(71)67(39(29)70)20-10-6-8-12-23(3)4)21-31(35(36(25)34)26-15-18-28(38(66)69)33(27)32(24)26)41(49,50)42(51,52)43(53,54)44(55,56)45(57,58)46(59,60)47(61,62)48(63,64)65/h13-18,21-23H,5-12,19-20H2,1-4H3. The molecule has 0 unspecified atom stereocenters. The molecule has 2 aliphatic heterocycles. The summed E-state index contributed by atoms with van der Waals surface area (Å²) >= 11 is 0. The van der Waals surface area contributed by atoms with Crippen LogP contribution in [0.4, 0.5) is 74.6 Å². The minimum atomic E-state index is -8.88. The molecule has 5 aromatic carbocycles. The van der Waals surface area contributed by atoms with E-state index in [0.29, 0.717) is 42.9 Å². The van der Waals surface area contributed by atoms with E-state index in [4.69, 9.17) is 0 Å². The highest BCUT2D eigenvalue weighted by atomic mass is 19.4. The Labute approximate surface area is 391 Å². The van der Waals surface area contributed by atoms with Crippen molar-refractivity contribution < 1.29 is 93.8 Å². The van der Waals surface area contributed by atoms with Gasteiger partial charge < -0.3 is 0 Å². The quantitative estimate of drug-likeness (QED) is 0.0272. The average molecular weight is 1030 g/mol. The molecule has 23 heteroatoms. The normalized spacial score (nSPS) is 16.0. The van der Waals surface area contributed by atoms with E-state index >= 15 is 35.1 Å². The Morgan fingerprint density at radius 1 is 0.380 bits per heavy atom. The fourth-order valence-electron chi connectivity index (χ4n) is 9.45. The number of unbranched alkanes of at least 4 members (excludes halogenated alkanes) is 4. The maximum atomic E-state index is 17.0. The summed E-state index contributed by atoms with van der Waals surface area (Å²) in [6.07, 6.45) is -3.83. The van der Waals surface area contributed by atoms with Crippen molar-refractivity contribution in [3.8, 4) is 0 Å².